The summed E-state index contributed by atoms with van der Waals surface area (Å²) >= 11 is 0. The molecule has 0 amide bonds. The second kappa shape index (κ2) is 6.40. The Bertz CT molecular complexity index is 399. The van der Waals surface area contributed by atoms with Crippen LogP contribution in [0.3, 0.4) is 0 Å². The van der Waals surface area contributed by atoms with Gasteiger partial charge in [-0.3, -0.25) is 5.32 Å². The zero-order valence-corrected chi connectivity index (χ0v) is 11.1. The lowest BCUT2D eigenvalue weighted by Crippen LogP contribution is -2.48. The van der Waals surface area contributed by atoms with Gasteiger partial charge in [0.15, 0.2) is 0 Å². The predicted octanol–water partition coefficient (Wildman–Crippen LogP) is 1.90. The Hall–Kier alpha value is -1.05. The van der Waals surface area contributed by atoms with Gasteiger partial charge in [-0.15, -0.1) is 12.4 Å². The van der Waals surface area contributed by atoms with Gasteiger partial charge in [-0.25, -0.2) is 4.98 Å². The molecule has 1 fully saturated rings. The van der Waals surface area contributed by atoms with Crippen LogP contribution in [-0.4, -0.2) is 38.0 Å². The van der Waals surface area contributed by atoms with Gasteiger partial charge in [-0.2, -0.15) is 13.2 Å². The Morgan fingerprint density at radius 1 is 1.42 bits per heavy atom. The summed E-state index contributed by atoms with van der Waals surface area (Å²) in [5.74, 6) is 0.534. The van der Waals surface area contributed by atoms with E-state index in [1.807, 2.05) is 4.90 Å². The number of hydrogen-bond acceptors (Lipinski definition) is 4. The largest absolute Gasteiger partial charge is 0.417 e. The number of nitrogens with one attached hydrogen (secondary N) is 1. The van der Waals surface area contributed by atoms with E-state index >= 15 is 0 Å². The second-order valence-electron chi connectivity index (χ2n) is 4.00. The Morgan fingerprint density at radius 2 is 2.16 bits per heavy atom. The number of hydrogen-bond donors (Lipinski definition) is 1. The summed E-state index contributed by atoms with van der Waals surface area (Å²) in [6.45, 7) is 1.71. The lowest BCUT2D eigenvalue weighted by Gasteiger charge is -2.33. The van der Waals surface area contributed by atoms with Crippen molar-refractivity contribution in [3.63, 3.8) is 0 Å². The van der Waals surface area contributed by atoms with E-state index in [0.717, 1.165) is 12.3 Å². The summed E-state index contributed by atoms with van der Waals surface area (Å²) in [5.41, 5.74) is -0.732. The van der Waals surface area contributed by atoms with E-state index < -0.39 is 11.7 Å². The molecule has 1 atom stereocenters. The molecule has 1 N–H and O–H groups in total. The monoisotopic (exact) mass is 297 g/mol. The van der Waals surface area contributed by atoms with Crippen molar-refractivity contribution in [1.82, 2.24) is 10.3 Å². The molecule has 1 unspecified atom stereocenters. The molecule has 108 valence electrons. The molecule has 0 saturated carbocycles. The molecule has 2 heterocycles. The summed E-state index contributed by atoms with van der Waals surface area (Å²) in [6, 6.07) is 2.44. The molecule has 0 spiro atoms. The summed E-state index contributed by atoms with van der Waals surface area (Å²) in [7, 11) is 1.77. The van der Waals surface area contributed by atoms with E-state index in [9.17, 15) is 13.2 Å². The van der Waals surface area contributed by atoms with E-state index in [1.165, 1.54) is 6.07 Å². The van der Waals surface area contributed by atoms with E-state index in [0.29, 0.717) is 25.5 Å². The fraction of sp³-hybridized carbons (Fsp3) is 0.545. The summed E-state index contributed by atoms with van der Waals surface area (Å²) in [4.78, 5) is 5.75. The summed E-state index contributed by atoms with van der Waals surface area (Å²) < 4.78 is 42.6. The van der Waals surface area contributed by atoms with Gasteiger partial charge in [0.05, 0.1) is 18.7 Å². The predicted molar refractivity (Wildman–Crippen MR) is 67.5 cm³/mol. The van der Waals surface area contributed by atoms with E-state index in [1.54, 1.807) is 7.05 Å². The van der Waals surface area contributed by atoms with Crippen LogP contribution in [0.5, 0.6) is 0 Å². The van der Waals surface area contributed by atoms with Crippen LogP contribution >= 0.6 is 12.4 Å². The smallest absolute Gasteiger partial charge is 0.360 e. The molecule has 0 aromatic carbocycles. The van der Waals surface area contributed by atoms with Crippen molar-refractivity contribution in [2.75, 3.05) is 31.6 Å². The van der Waals surface area contributed by atoms with Crippen molar-refractivity contribution in [3.05, 3.63) is 23.9 Å². The molecule has 2 rings (SSSR count). The molecule has 1 aliphatic heterocycles. The quantitative estimate of drug-likeness (QED) is 0.905. The van der Waals surface area contributed by atoms with Gasteiger partial charge < -0.3 is 9.64 Å². The van der Waals surface area contributed by atoms with Crippen LogP contribution in [0.4, 0.5) is 19.0 Å². The van der Waals surface area contributed by atoms with E-state index in [2.05, 4.69) is 10.3 Å². The third-order valence-corrected chi connectivity index (χ3v) is 2.79. The number of likely N-dealkylation sites (N-methyl/N-ethyl adjacent to an activating group) is 1. The lowest BCUT2D eigenvalue weighted by molar-refractivity contribution is -0.137. The average Bonchev–Trinajstić information content (AvgIpc) is 2.38. The van der Waals surface area contributed by atoms with E-state index in [-0.39, 0.29) is 18.6 Å². The molecule has 1 aromatic heterocycles. The topological polar surface area (TPSA) is 37.4 Å². The maximum atomic E-state index is 12.4. The third-order valence-electron chi connectivity index (χ3n) is 2.79. The average molecular weight is 298 g/mol. The van der Waals surface area contributed by atoms with Crippen molar-refractivity contribution >= 4 is 18.2 Å². The normalized spacial score (nSPS) is 20.0. The number of aromatic nitrogens is 1. The molecule has 4 nitrogen and oxygen atoms in total. The fourth-order valence-electron chi connectivity index (χ4n) is 1.77. The van der Waals surface area contributed by atoms with Crippen LogP contribution in [0.15, 0.2) is 18.3 Å². The number of rotatable bonds is 2. The van der Waals surface area contributed by atoms with Crippen molar-refractivity contribution in [1.29, 1.82) is 0 Å². The van der Waals surface area contributed by atoms with Gasteiger partial charge in [0.1, 0.15) is 12.0 Å². The van der Waals surface area contributed by atoms with Crippen molar-refractivity contribution < 1.29 is 17.9 Å². The maximum absolute atomic E-state index is 12.4. The first-order valence-electron chi connectivity index (χ1n) is 5.58. The number of ether oxygens (including phenoxy) is 1. The number of anilines is 1. The number of alkyl halides is 3. The highest BCUT2D eigenvalue weighted by atomic mass is 35.5. The van der Waals surface area contributed by atoms with Gasteiger partial charge in [0, 0.05) is 12.7 Å². The number of nitrogens with zero attached hydrogens (tertiary/aromatic N) is 2. The minimum atomic E-state index is -4.34. The number of halogens is 4. The molecular weight excluding hydrogens is 283 g/mol. The first-order valence-corrected chi connectivity index (χ1v) is 5.58. The van der Waals surface area contributed by atoms with Gasteiger partial charge in [0.2, 0.25) is 0 Å². The Kier molecular flexibility index (Phi) is 5.39. The van der Waals surface area contributed by atoms with Crippen molar-refractivity contribution in [2.24, 2.45) is 0 Å². The lowest BCUT2D eigenvalue weighted by atomic mass is 10.2. The Morgan fingerprint density at radius 3 is 2.68 bits per heavy atom. The Labute approximate surface area is 115 Å². The Balaban J connectivity index is 0.00000180. The molecule has 0 bridgehead atoms. The van der Waals surface area contributed by atoms with Crippen molar-refractivity contribution in [3.8, 4) is 0 Å². The van der Waals surface area contributed by atoms with Gasteiger partial charge >= 0.3 is 6.18 Å². The van der Waals surface area contributed by atoms with Crippen LogP contribution in [0.25, 0.3) is 0 Å². The second-order valence-corrected chi connectivity index (χ2v) is 4.00. The molecule has 1 saturated heterocycles. The molecular formula is C11H15ClF3N3O. The van der Waals surface area contributed by atoms with Crippen LogP contribution in [-0.2, 0) is 10.9 Å². The zero-order chi connectivity index (χ0) is 13.2. The number of morpholine rings is 1. The first kappa shape index (κ1) is 16.0. The summed E-state index contributed by atoms with van der Waals surface area (Å²) in [5, 5.41) is 2.97. The first-order chi connectivity index (χ1) is 8.50. The van der Waals surface area contributed by atoms with Gasteiger partial charge in [-0.1, -0.05) is 0 Å². The summed E-state index contributed by atoms with van der Waals surface area (Å²) in [6.07, 6.45) is -3.61. The fourth-order valence-corrected chi connectivity index (χ4v) is 1.77. The minimum absolute atomic E-state index is 0. The zero-order valence-electron chi connectivity index (χ0n) is 10.3. The van der Waals surface area contributed by atoms with E-state index in [4.69, 9.17) is 4.74 Å². The highest BCUT2D eigenvalue weighted by molar-refractivity contribution is 5.85. The standard InChI is InChI=1S/C11H14F3N3O.ClH/c1-15-10-7-17(4-5-18-10)9-3-2-8(6-16-9)11(12,13)14;/h2-3,6,10,15H,4-5,7H2,1H3;1H. The van der Waals surface area contributed by atoms with Crippen LogP contribution in [0.1, 0.15) is 5.56 Å². The molecule has 8 heteroatoms. The molecule has 19 heavy (non-hydrogen) atoms. The van der Waals surface area contributed by atoms with Gasteiger partial charge in [-0.05, 0) is 19.2 Å². The SMILES string of the molecule is CNC1CN(c2ccc(C(F)(F)F)cn2)CCO1.Cl. The van der Waals surface area contributed by atoms with Gasteiger partial charge in [0.25, 0.3) is 0 Å². The highest BCUT2D eigenvalue weighted by Gasteiger charge is 2.31. The van der Waals surface area contributed by atoms with Crippen LogP contribution in [0, 0.1) is 0 Å². The number of pyridine rings is 1. The molecule has 0 radical (unpaired) electrons. The van der Waals surface area contributed by atoms with Crippen LogP contribution < -0.4 is 10.2 Å². The molecule has 0 aliphatic carbocycles. The third kappa shape index (κ3) is 3.95. The van der Waals surface area contributed by atoms with Crippen LogP contribution in [0.2, 0.25) is 0 Å². The minimum Gasteiger partial charge on any atom is -0.360 e. The maximum Gasteiger partial charge on any atom is 0.417 e. The molecule has 1 aliphatic rings. The molecule has 1 aromatic rings. The highest BCUT2D eigenvalue weighted by Crippen LogP contribution is 2.29. The van der Waals surface area contributed by atoms with Crippen molar-refractivity contribution in [2.45, 2.75) is 12.4 Å².